The summed E-state index contributed by atoms with van der Waals surface area (Å²) in [6.45, 7) is 3.93. The number of likely N-dealkylation sites (N-methyl/N-ethyl adjacent to an activating group) is 1. The van der Waals surface area contributed by atoms with Crippen LogP contribution in [0.3, 0.4) is 0 Å². The van der Waals surface area contributed by atoms with Crippen molar-refractivity contribution in [2.24, 2.45) is 4.99 Å². The molecular weight excluding hydrogens is 617 g/mol. The number of aliphatic imine (C=N–C) groups is 1. The van der Waals surface area contributed by atoms with Crippen LogP contribution in [-0.2, 0) is 14.1 Å². The van der Waals surface area contributed by atoms with Gasteiger partial charge in [0.2, 0.25) is 5.91 Å². The lowest BCUT2D eigenvalue weighted by Gasteiger charge is -2.39. The topological polar surface area (TPSA) is 183 Å². The van der Waals surface area contributed by atoms with Gasteiger partial charge in [-0.25, -0.2) is 4.99 Å². The number of aromatic amines is 1. The van der Waals surface area contributed by atoms with E-state index in [4.69, 9.17) is 14.3 Å². The Bertz CT molecular complexity index is 1770. The fourth-order valence-electron chi connectivity index (χ4n) is 6.58. The second kappa shape index (κ2) is 13.4. The third kappa shape index (κ3) is 6.36. The Kier molecular flexibility index (Phi) is 9.07. The zero-order valence-corrected chi connectivity index (χ0v) is 26.3. The summed E-state index contributed by atoms with van der Waals surface area (Å²) in [6, 6.07) is 22.0. The maximum Gasteiger partial charge on any atom is 0.494 e. The van der Waals surface area contributed by atoms with Crippen LogP contribution in [0.2, 0.25) is 0 Å². The monoisotopic (exact) mass is 655 g/mol. The summed E-state index contributed by atoms with van der Waals surface area (Å²) in [7, 11) is 1.08. The fraction of sp³-hybridized carbons (Fsp3) is 0.353. The Hall–Kier alpha value is -4.12. The molecule has 250 valence electrons. The molecule has 0 unspecified atom stereocenters. The number of hydrogen-bond donors (Lipinski definition) is 7. The van der Waals surface area contributed by atoms with Crippen LogP contribution in [0.25, 0.3) is 10.9 Å². The summed E-state index contributed by atoms with van der Waals surface area (Å²) in [6.07, 6.45) is -8.13. The molecule has 0 radical (unpaired) electrons. The van der Waals surface area contributed by atoms with Gasteiger partial charge in [-0.3, -0.25) is 9.69 Å². The first-order valence-corrected chi connectivity index (χ1v) is 16.0. The van der Waals surface area contributed by atoms with Crippen molar-refractivity contribution in [3.8, 4) is 5.88 Å². The third-order valence-corrected chi connectivity index (χ3v) is 9.32. The molecule has 7 N–H and O–H groups in total. The van der Waals surface area contributed by atoms with E-state index in [1.54, 1.807) is 30.3 Å². The molecule has 2 aliphatic heterocycles. The average Bonchev–Trinajstić information content (AvgIpc) is 3.68. The minimum Gasteiger partial charge on any atom is -0.494 e. The highest BCUT2D eigenvalue weighted by atomic mass is 16.7. The molecular formula is C34H38BN5O8. The van der Waals surface area contributed by atoms with Gasteiger partial charge in [-0.05, 0) is 42.8 Å². The molecule has 2 saturated heterocycles. The maximum absolute atomic E-state index is 12.7. The highest BCUT2D eigenvalue weighted by Crippen LogP contribution is 2.34. The van der Waals surface area contributed by atoms with Gasteiger partial charge in [-0.2, -0.15) is 0 Å². The van der Waals surface area contributed by atoms with E-state index in [0.717, 1.165) is 31.7 Å². The Morgan fingerprint density at radius 3 is 2.19 bits per heavy atom. The van der Waals surface area contributed by atoms with Crippen LogP contribution in [0.15, 0.2) is 77.8 Å². The van der Waals surface area contributed by atoms with Crippen molar-refractivity contribution in [2.45, 2.75) is 36.6 Å². The molecule has 14 heteroatoms. The van der Waals surface area contributed by atoms with E-state index < -0.39 is 43.7 Å². The van der Waals surface area contributed by atoms with E-state index in [1.807, 2.05) is 42.5 Å². The first-order valence-electron chi connectivity index (χ1n) is 16.0. The van der Waals surface area contributed by atoms with Crippen molar-refractivity contribution in [1.29, 1.82) is 0 Å². The average molecular weight is 656 g/mol. The lowest BCUT2D eigenvalue weighted by molar-refractivity contribution is -0.192. The minimum absolute atomic E-state index is 0.0708. The molecule has 4 aromatic rings. The molecule has 3 aromatic carbocycles. The predicted octanol–water partition coefficient (Wildman–Crippen LogP) is 0.165. The smallest absolute Gasteiger partial charge is 0.494 e. The van der Waals surface area contributed by atoms with E-state index in [0.29, 0.717) is 45.6 Å². The fourth-order valence-corrected chi connectivity index (χ4v) is 6.58. The number of hydrogen-bond acceptors (Lipinski definition) is 11. The first-order chi connectivity index (χ1) is 23.2. The SMILES string of the molecule is CN1CCN(CC(=O)Nc2ccc(N=C(c3ccccc3)c3c(O)[nH]c4cc(B5O[C@H]6[C@H](O)[C@@H](O)[C@H](O)[C@H](O)[C@@H]6O5)ccc34)cc2)CC1. The Morgan fingerprint density at radius 1 is 0.896 bits per heavy atom. The van der Waals surface area contributed by atoms with Crippen LogP contribution < -0.4 is 10.8 Å². The van der Waals surface area contributed by atoms with Crippen molar-refractivity contribution < 1.29 is 39.6 Å². The number of nitrogens with one attached hydrogen (secondary N) is 2. The normalized spacial score (nSPS) is 26.9. The van der Waals surface area contributed by atoms with Gasteiger partial charge in [0.05, 0.1) is 35.7 Å². The molecule has 1 saturated carbocycles. The van der Waals surface area contributed by atoms with Gasteiger partial charge >= 0.3 is 7.12 Å². The van der Waals surface area contributed by atoms with E-state index in [2.05, 4.69) is 27.1 Å². The third-order valence-electron chi connectivity index (χ3n) is 9.32. The molecule has 1 aliphatic carbocycles. The van der Waals surface area contributed by atoms with E-state index in [-0.39, 0.29) is 11.8 Å². The van der Waals surface area contributed by atoms with Gasteiger partial charge in [-0.1, -0.05) is 42.5 Å². The highest BCUT2D eigenvalue weighted by Gasteiger charge is 2.56. The number of benzene rings is 3. The number of rotatable bonds is 7. The second-order valence-electron chi connectivity index (χ2n) is 12.7. The Labute approximate surface area is 277 Å². The molecule has 13 nitrogen and oxygen atoms in total. The van der Waals surface area contributed by atoms with Crippen LogP contribution in [0.4, 0.5) is 11.4 Å². The number of aliphatic hydroxyl groups is 4. The van der Waals surface area contributed by atoms with Crippen molar-refractivity contribution in [2.75, 3.05) is 45.1 Å². The van der Waals surface area contributed by atoms with E-state index in [9.17, 15) is 30.3 Å². The lowest BCUT2D eigenvalue weighted by Crippen LogP contribution is -2.62. The van der Waals surface area contributed by atoms with Gasteiger partial charge in [0.15, 0.2) is 5.88 Å². The zero-order chi connectivity index (χ0) is 33.5. The van der Waals surface area contributed by atoms with Crippen LogP contribution in [0, 0.1) is 0 Å². The number of carbonyl (C=O) groups excluding carboxylic acids is 1. The largest absolute Gasteiger partial charge is 0.494 e. The summed E-state index contributed by atoms with van der Waals surface area (Å²) in [5.74, 6) is -0.171. The first kappa shape index (κ1) is 32.4. The zero-order valence-electron chi connectivity index (χ0n) is 26.3. The molecule has 3 aliphatic rings. The highest BCUT2D eigenvalue weighted by molar-refractivity contribution is 6.62. The number of aromatic hydroxyl groups is 1. The van der Waals surface area contributed by atoms with Gasteiger partial charge in [0.25, 0.3) is 0 Å². The number of piperazine rings is 1. The van der Waals surface area contributed by atoms with Crippen LogP contribution in [-0.4, -0.2) is 135 Å². The molecule has 3 fully saturated rings. The summed E-state index contributed by atoms with van der Waals surface area (Å²) < 4.78 is 11.8. The van der Waals surface area contributed by atoms with Gasteiger partial charge in [-0.15, -0.1) is 0 Å². The van der Waals surface area contributed by atoms with Gasteiger partial charge in [0.1, 0.15) is 24.4 Å². The summed E-state index contributed by atoms with van der Waals surface area (Å²) in [5, 5.41) is 55.9. The molecule has 0 bridgehead atoms. The van der Waals surface area contributed by atoms with Crippen molar-refractivity contribution in [3.05, 3.63) is 83.9 Å². The molecule has 7 rings (SSSR count). The number of fused-ring (bicyclic) bond motifs is 2. The number of H-pyrrole nitrogens is 1. The standard InChI is InChI=1S/C34H38BN5O8/c1-39-13-15-40(16-14-39)18-25(41)36-21-8-10-22(11-9-21)37-27(19-5-3-2-4-6-19)26-23-12-7-20(17-24(23)38-34(26)46)35-47-32-30(44)28(42)29(43)31(45)33(32)48-35/h2-12,17,28-33,38,42-46H,13-16,18H2,1H3,(H,36,41)/t28-,29-,30-,31+,32-,33-/m0/s1. The Morgan fingerprint density at radius 2 is 1.54 bits per heavy atom. The number of carbonyl (C=O) groups is 1. The lowest BCUT2D eigenvalue weighted by atomic mass is 9.79. The van der Waals surface area contributed by atoms with Crippen LogP contribution >= 0.6 is 0 Å². The maximum atomic E-state index is 12.7. The molecule has 3 heterocycles. The Balaban J connectivity index is 1.14. The van der Waals surface area contributed by atoms with Crippen molar-refractivity contribution >= 4 is 46.5 Å². The molecule has 1 amide bonds. The summed E-state index contributed by atoms with van der Waals surface area (Å²) >= 11 is 0. The number of aromatic nitrogens is 1. The molecule has 1 aromatic heterocycles. The van der Waals surface area contributed by atoms with Gasteiger partial charge in [0, 0.05) is 48.3 Å². The molecule has 48 heavy (non-hydrogen) atoms. The van der Waals surface area contributed by atoms with Crippen LogP contribution in [0.1, 0.15) is 11.1 Å². The molecule has 6 atom stereocenters. The number of nitrogens with zero attached hydrogens (tertiary/aromatic N) is 3. The number of amides is 1. The second-order valence-corrected chi connectivity index (χ2v) is 12.7. The quantitative estimate of drug-likeness (QED) is 0.107. The minimum atomic E-state index is -1.58. The predicted molar refractivity (Wildman–Crippen MR) is 180 cm³/mol. The van der Waals surface area contributed by atoms with Crippen LogP contribution in [0.5, 0.6) is 5.88 Å². The molecule has 0 spiro atoms. The summed E-state index contributed by atoms with van der Waals surface area (Å²) in [4.78, 5) is 25.0. The summed E-state index contributed by atoms with van der Waals surface area (Å²) in [5.41, 5.74) is 4.15. The van der Waals surface area contributed by atoms with Gasteiger partial charge < -0.3 is 50.0 Å². The van der Waals surface area contributed by atoms with Crippen molar-refractivity contribution in [3.63, 3.8) is 0 Å². The number of aliphatic hydroxyl groups excluding tert-OH is 4. The number of anilines is 1. The van der Waals surface area contributed by atoms with E-state index >= 15 is 0 Å². The van der Waals surface area contributed by atoms with Crippen molar-refractivity contribution in [1.82, 2.24) is 14.8 Å². The van der Waals surface area contributed by atoms with E-state index in [1.165, 1.54) is 0 Å².